The van der Waals surface area contributed by atoms with Crippen molar-refractivity contribution in [1.29, 1.82) is 0 Å². The fourth-order valence-electron chi connectivity index (χ4n) is 3.20. The van der Waals surface area contributed by atoms with Gasteiger partial charge >= 0.3 is 5.97 Å². The van der Waals surface area contributed by atoms with Crippen LogP contribution in [0.25, 0.3) is 0 Å². The molecule has 0 radical (unpaired) electrons. The summed E-state index contributed by atoms with van der Waals surface area (Å²) in [5.74, 6) is 0.569. The summed E-state index contributed by atoms with van der Waals surface area (Å²) in [6.45, 7) is 7.05. The molecule has 0 bridgehead atoms. The minimum absolute atomic E-state index is 0. The van der Waals surface area contributed by atoms with Crippen LogP contribution >= 0.6 is 24.0 Å². The standard InChI is InChI=1S/C21H32N4O3.HI/c1-4-22-21(23-13-16(2)20(27)28-3)24-14-18-12-19(26)25(15-18)11-10-17-8-6-5-7-9-17;/h5-9,16,18H,4,10-15H2,1-3H3,(H2,22,23,24);1H. The van der Waals surface area contributed by atoms with Crippen molar-refractivity contribution in [2.45, 2.75) is 26.7 Å². The number of guanidine groups is 1. The molecule has 0 saturated carbocycles. The van der Waals surface area contributed by atoms with E-state index < -0.39 is 0 Å². The number of hydrogen-bond donors (Lipinski definition) is 2. The van der Waals surface area contributed by atoms with Gasteiger partial charge in [0.05, 0.1) is 19.6 Å². The first-order chi connectivity index (χ1) is 13.5. The van der Waals surface area contributed by atoms with Crippen LogP contribution in [0.2, 0.25) is 0 Å². The van der Waals surface area contributed by atoms with Gasteiger partial charge in [-0.2, -0.15) is 0 Å². The lowest BCUT2D eigenvalue weighted by molar-refractivity contribution is -0.144. The molecule has 1 heterocycles. The number of benzene rings is 1. The molecule has 29 heavy (non-hydrogen) atoms. The van der Waals surface area contributed by atoms with Gasteiger partial charge in [0.2, 0.25) is 5.91 Å². The number of halogens is 1. The number of esters is 1. The van der Waals surface area contributed by atoms with Crippen LogP contribution in [0.4, 0.5) is 0 Å². The molecule has 8 heteroatoms. The van der Waals surface area contributed by atoms with Gasteiger partial charge in [-0.3, -0.25) is 14.6 Å². The second kappa shape index (κ2) is 13.4. The molecule has 1 saturated heterocycles. The highest BCUT2D eigenvalue weighted by Crippen LogP contribution is 2.17. The van der Waals surface area contributed by atoms with Crippen LogP contribution < -0.4 is 10.6 Å². The zero-order valence-electron chi connectivity index (χ0n) is 17.5. The van der Waals surface area contributed by atoms with Crippen LogP contribution in [0.5, 0.6) is 0 Å². The molecule has 2 N–H and O–H groups in total. The summed E-state index contributed by atoms with van der Waals surface area (Å²) in [5, 5.41) is 6.47. The Kier molecular flexibility index (Phi) is 11.6. The minimum atomic E-state index is -0.290. The SMILES string of the molecule is CCNC(=NCC(C)C(=O)OC)NCC1CC(=O)N(CCc2ccccc2)C1.I. The molecule has 1 fully saturated rings. The van der Waals surface area contributed by atoms with Crippen molar-refractivity contribution in [2.75, 3.05) is 39.8 Å². The minimum Gasteiger partial charge on any atom is -0.469 e. The van der Waals surface area contributed by atoms with Crippen LogP contribution in [0.15, 0.2) is 35.3 Å². The molecule has 0 aliphatic carbocycles. The lowest BCUT2D eigenvalue weighted by atomic mass is 10.1. The van der Waals surface area contributed by atoms with Crippen molar-refractivity contribution in [3.05, 3.63) is 35.9 Å². The van der Waals surface area contributed by atoms with Crippen molar-refractivity contribution in [3.8, 4) is 0 Å². The Morgan fingerprint density at radius 1 is 1.31 bits per heavy atom. The summed E-state index contributed by atoms with van der Waals surface area (Å²) in [7, 11) is 1.38. The Hall–Kier alpha value is -1.84. The fourth-order valence-corrected chi connectivity index (χ4v) is 3.20. The van der Waals surface area contributed by atoms with Crippen molar-refractivity contribution in [3.63, 3.8) is 0 Å². The van der Waals surface area contributed by atoms with E-state index in [4.69, 9.17) is 4.74 Å². The molecule has 1 aliphatic heterocycles. The number of ether oxygens (including phenoxy) is 1. The normalized spacial score (nSPS) is 17.5. The molecule has 1 aliphatic rings. The third-order valence-corrected chi connectivity index (χ3v) is 4.84. The largest absolute Gasteiger partial charge is 0.469 e. The van der Waals surface area contributed by atoms with Gasteiger partial charge in [0.25, 0.3) is 0 Å². The summed E-state index contributed by atoms with van der Waals surface area (Å²) in [4.78, 5) is 30.2. The van der Waals surface area contributed by atoms with Gasteiger partial charge in [-0.05, 0) is 18.9 Å². The number of likely N-dealkylation sites (tertiary alicyclic amines) is 1. The molecule has 1 aromatic rings. The molecular weight excluding hydrogens is 483 g/mol. The van der Waals surface area contributed by atoms with E-state index in [9.17, 15) is 9.59 Å². The predicted molar refractivity (Wildman–Crippen MR) is 125 cm³/mol. The van der Waals surface area contributed by atoms with Crippen molar-refractivity contribution >= 4 is 41.8 Å². The summed E-state index contributed by atoms with van der Waals surface area (Å²) < 4.78 is 4.73. The molecule has 1 aromatic carbocycles. The predicted octanol–water partition coefficient (Wildman–Crippen LogP) is 2.06. The number of nitrogens with zero attached hydrogens (tertiary/aromatic N) is 2. The van der Waals surface area contributed by atoms with E-state index in [0.717, 1.165) is 26.1 Å². The highest BCUT2D eigenvalue weighted by molar-refractivity contribution is 14.0. The molecule has 162 valence electrons. The quantitative estimate of drug-likeness (QED) is 0.227. The number of nitrogens with one attached hydrogen (secondary N) is 2. The van der Waals surface area contributed by atoms with Crippen LogP contribution in [-0.4, -0.2) is 62.6 Å². The molecule has 0 aromatic heterocycles. The maximum absolute atomic E-state index is 12.3. The molecule has 2 atom stereocenters. The van der Waals surface area contributed by atoms with E-state index in [-0.39, 0.29) is 47.7 Å². The highest BCUT2D eigenvalue weighted by atomic mass is 127. The number of hydrogen-bond acceptors (Lipinski definition) is 4. The van der Waals surface area contributed by atoms with E-state index >= 15 is 0 Å². The fraction of sp³-hybridized carbons (Fsp3) is 0.571. The van der Waals surface area contributed by atoms with Crippen molar-refractivity contribution in [2.24, 2.45) is 16.8 Å². The third kappa shape index (κ3) is 8.59. The van der Waals surface area contributed by atoms with E-state index in [0.29, 0.717) is 25.5 Å². The Morgan fingerprint density at radius 2 is 2.03 bits per heavy atom. The maximum atomic E-state index is 12.3. The van der Waals surface area contributed by atoms with E-state index in [1.165, 1.54) is 12.7 Å². The zero-order chi connectivity index (χ0) is 20.4. The number of rotatable bonds is 9. The first-order valence-electron chi connectivity index (χ1n) is 9.95. The van der Waals surface area contributed by atoms with Gasteiger partial charge in [-0.25, -0.2) is 0 Å². The topological polar surface area (TPSA) is 83.0 Å². The van der Waals surface area contributed by atoms with Crippen LogP contribution in [-0.2, 0) is 20.7 Å². The molecule has 7 nitrogen and oxygen atoms in total. The van der Waals surface area contributed by atoms with Crippen LogP contribution in [0.3, 0.4) is 0 Å². The molecule has 0 spiro atoms. The van der Waals surface area contributed by atoms with Gasteiger partial charge < -0.3 is 20.3 Å². The maximum Gasteiger partial charge on any atom is 0.310 e. The lowest BCUT2D eigenvalue weighted by Gasteiger charge is -2.18. The summed E-state index contributed by atoms with van der Waals surface area (Å²) >= 11 is 0. The monoisotopic (exact) mass is 516 g/mol. The smallest absolute Gasteiger partial charge is 0.310 e. The van der Waals surface area contributed by atoms with Gasteiger partial charge in [0, 0.05) is 38.5 Å². The van der Waals surface area contributed by atoms with Crippen LogP contribution in [0, 0.1) is 11.8 Å². The molecule has 2 rings (SSSR count). The van der Waals surface area contributed by atoms with Crippen molar-refractivity contribution in [1.82, 2.24) is 15.5 Å². The third-order valence-electron chi connectivity index (χ3n) is 4.84. The van der Waals surface area contributed by atoms with E-state index in [2.05, 4.69) is 27.8 Å². The Balaban J connectivity index is 0.00000420. The second-order valence-corrected chi connectivity index (χ2v) is 7.17. The number of aliphatic imine (C=N–C) groups is 1. The van der Waals surface area contributed by atoms with Gasteiger partial charge in [-0.1, -0.05) is 37.3 Å². The molecule has 2 unspecified atom stereocenters. The first kappa shape index (κ1) is 25.2. The van der Waals surface area contributed by atoms with Crippen LogP contribution in [0.1, 0.15) is 25.8 Å². The Labute approximate surface area is 190 Å². The van der Waals surface area contributed by atoms with E-state index in [1.807, 2.05) is 30.0 Å². The van der Waals surface area contributed by atoms with E-state index in [1.54, 1.807) is 6.92 Å². The van der Waals surface area contributed by atoms with Crippen molar-refractivity contribution < 1.29 is 14.3 Å². The second-order valence-electron chi connectivity index (χ2n) is 7.17. The number of carbonyl (C=O) groups excluding carboxylic acids is 2. The molecule has 1 amide bonds. The summed E-state index contributed by atoms with van der Waals surface area (Å²) in [6.07, 6.45) is 1.43. The number of carbonyl (C=O) groups is 2. The lowest BCUT2D eigenvalue weighted by Crippen LogP contribution is -2.40. The number of methoxy groups -OCH3 is 1. The highest BCUT2D eigenvalue weighted by Gasteiger charge is 2.29. The Bertz CT molecular complexity index is 669. The average molecular weight is 516 g/mol. The van der Waals surface area contributed by atoms with Gasteiger partial charge in [0.15, 0.2) is 5.96 Å². The Morgan fingerprint density at radius 3 is 2.69 bits per heavy atom. The number of amides is 1. The van der Waals surface area contributed by atoms with Gasteiger partial charge in [0.1, 0.15) is 0 Å². The zero-order valence-corrected chi connectivity index (χ0v) is 19.8. The first-order valence-corrected chi connectivity index (χ1v) is 9.95. The summed E-state index contributed by atoms with van der Waals surface area (Å²) in [5.41, 5.74) is 1.25. The van der Waals surface area contributed by atoms with Gasteiger partial charge in [-0.15, -0.1) is 24.0 Å². The average Bonchev–Trinajstić information content (AvgIpc) is 3.07. The summed E-state index contributed by atoms with van der Waals surface area (Å²) in [6, 6.07) is 10.2. The molecular formula is C21H33IN4O3.